The molecule has 1 fully saturated rings. The van der Waals surface area contributed by atoms with Crippen LogP contribution in [0, 0.1) is 0 Å². The quantitative estimate of drug-likeness (QED) is 0.553. The van der Waals surface area contributed by atoms with Gasteiger partial charge in [0.2, 0.25) is 0 Å². The average molecular weight is 422 g/mol. The fourth-order valence-electron chi connectivity index (χ4n) is 2.91. The molecule has 1 amide bonds. The van der Waals surface area contributed by atoms with Crippen LogP contribution < -0.4 is 4.74 Å². The van der Waals surface area contributed by atoms with Gasteiger partial charge in [0.15, 0.2) is 0 Å². The SMILES string of the molecule is CSCC[C@H](C(=O)O)N1C(=O)/C(=C\C2=Cc3ccccc3O[C@@H]2C)SC1=S. The Morgan fingerprint density at radius 2 is 2.22 bits per heavy atom. The third-order valence-electron chi connectivity index (χ3n) is 4.33. The van der Waals surface area contributed by atoms with Crippen LogP contribution in [0.25, 0.3) is 6.08 Å². The number of hydrogen-bond acceptors (Lipinski definition) is 6. The first-order chi connectivity index (χ1) is 12.9. The maximum atomic E-state index is 12.9. The number of thioether (sulfide) groups is 2. The van der Waals surface area contributed by atoms with E-state index in [2.05, 4.69) is 0 Å². The van der Waals surface area contributed by atoms with Gasteiger partial charge in [-0.25, -0.2) is 4.79 Å². The fraction of sp³-hybridized carbons (Fsp3) is 0.316. The van der Waals surface area contributed by atoms with Gasteiger partial charge in [0, 0.05) is 5.56 Å². The van der Waals surface area contributed by atoms with E-state index in [9.17, 15) is 14.7 Å². The van der Waals surface area contributed by atoms with Crippen molar-refractivity contribution in [3.05, 3.63) is 46.4 Å². The summed E-state index contributed by atoms with van der Waals surface area (Å²) in [5.41, 5.74) is 1.80. The molecule has 2 atom stereocenters. The van der Waals surface area contributed by atoms with Gasteiger partial charge in [0.05, 0.1) is 4.91 Å². The van der Waals surface area contributed by atoms with Crippen LogP contribution in [0.15, 0.2) is 40.8 Å². The second-order valence-corrected chi connectivity index (χ2v) is 8.79. The number of carbonyl (C=O) groups excluding carboxylic acids is 1. The van der Waals surface area contributed by atoms with Crippen LogP contribution in [0.3, 0.4) is 0 Å². The van der Waals surface area contributed by atoms with Crippen LogP contribution >= 0.6 is 35.7 Å². The lowest BCUT2D eigenvalue weighted by Gasteiger charge is -2.23. The molecule has 0 aromatic heterocycles. The van der Waals surface area contributed by atoms with E-state index in [1.165, 1.54) is 4.90 Å². The van der Waals surface area contributed by atoms with Crippen LogP contribution in [0.1, 0.15) is 18.9 Å². The Bertz CT molecular complexity index is 849. The topological polar surface area (TPSA) is 66.8 Å². The lowest BCUT2D eigenvalue weighted by atomic mass is 10.0. The summed E-state index contributed by atoms with van der Waals surface area (Å²) in [6.45, 7) is 1.91. The number of para-hydroxylation sites is 1. The van der Waals surface area contributed by atoms with E-state index < -0.39 is 12.0 Å². The molecule has 2 aliphatic rings. The highest BCUT2D eigenvalue weighted by Gasteiger charge is 2.40. The minimum Gasteiger partial charge on any atom is -0.485 e. The molecule has 0 unspecified atom stereocenters. The van der Waals surface area contributed by atoms with Crippen molar-refractivity contribution in [2.75, 3.05) is 12.0 Å². The molecule has 1 N–H and O–H groups in total. The Morgan fingerprint density at radius 1 is 1.48 bits per heavy atom. The molecule has 8 heteroatoms. The smallest absolute Gasteiger partial charge is 0.326 e. The van der Waals surface area contributed by atoms with Crippen molar-refractivity contribution in [1.29, 1.82) is 0 Å². The second-order valence-electron chi connectivity index (χ2n) is 6.13. The normalized spacial score (nSPS) is 21.7. The number of carboxylic acids is 1. The summed E-state index contributed by atoms with van der Waals surface area (Å²) in [5.74, 6) is 0.0483. The highest BCUT2D eigenvalue weighted by Crippen LogP contribution is 2.37. The molecule has 3 rings (SSSR count). The highest BCUT2D eigenvalue weighted by molar-refractivity contribution is 8.26. The largest absolute Gasteiger partial charge is 0.485 e. The van der Waals surface area contributed by atoms with Gasteiger partial charge in [-0.2, -0.15) is 11.8 Å². The summed E-state index contributed by atoms with van der Waals surface area (Å²) in [6.07, 6.45) is 5.78. The van der Waals surface area contributed by atoms with Gasteiger partial charge in [0.1, 0.15) is 22.2 Å². The minimum absolute atomic E-state index is 0.213. The van der Waals surface area contributed by atoms with E-state index in [1.54, 1.807) is 17.8 Å². The minimum atomic E-state index is -1.04. The fourth-order valence-corrected chi connectivity index (χ4v) is 4.73. The number of aliphatic carboxylic acids is 1. The van der Waals surface area contributed by atoms with Crippen molar-refractivity contribution in [2.24, 2.45) is 0 Å². The number of carbonyl (C=O) groups is 2. The zero-order valence-electron chi connectivity index (χ0n) is 14.9. The Labute approximate surface area is 171 Å². The number of hydrogen-bond donors (Lipinski definition) is 1. The molecule has 1 saturated heterocycles. The van der Waals surface area contributed by atoms with Crippen LogP contribution in [0.2, 0.25) is 0 Å². The van der Waals surface area contributed by atoms with E-state index >= 15 is 0 Å². The van der Waals surface area contributed by atoms with Gasteiger partial charge in [-0.1, -0.05) is 42.2 Å². The number of amides is 1. The number of thiocarbonyl (C=S) groups is 1. The predicted molar refractivity (Wildman–Crippen MR) is 114 cm³/mol. The van der Waals surface area contributed by atoms with Crippen molar-refractivity contribution in [1.82, 2.24) is 4.90 Å². The lowest BCUT2D eigenvalue weighted by molar-refractivity contribution is -0.145. The molecule has 2 heterocycles. The average Bonchev–Trinajstić information content (AvgIpc) is 2.90. The molecular weight excluding hydrogens is 402 g/mol. The third-order valence-corrected chi connectivity index (χ3v) is 6.30. The van der Waals surface area contributed by atoms with Crippen molar-refractivity contribution in [2.45, 2.75) is 25.5 Å². The van der Waals surface area contributed by atoms with Crippen molar-refractivity contribution in [3.63, 3.8) is 0 Å². The van der Waals surface area contributed by atoms with Crippen LogP contribution in [0.5, 0.6) is 5.75 Å². The van der Waals surface area contributed by atoms with Gasteiger partial charge >= 0.3 is 5.97 Å². The van der Waals surface area contributed by atoms with E-state index in [0.717, 1.165) is 28.6 Å². The van der Waals surface area contributed by atoms with Crippen LogP contribution in [0.4, 0.5) is 0 Å². The molecule has 0 aliphatic carbocycles. The molecule has 0 radical (unpaired) electrons. The molecule has 2 aliphatic heterocycles. The molecule has 1 aromatic rings. The molecule has 5 nitrogen and oxygen atoms in total. The summed E-state index contributed by atoms with van der Waals surface area (Å²) in [4.78, 5) is 26.2. The summed E-state index contributed by atoms with van der Waals surface area (Å²) in [5, 5.41) is 9.53. The van der Waals surface area contributed by atoms with Crippen LogP contribution in [-0.2, 0) is 9.59 Å². The van der Waals surface area contributed by atoms with Crippen molar-refractivity contribution in [3.8, 4) is 5.75 Å². The van der Waals surface area contributed by atoms with E-state index in [-0.39, 0.29) is 16.3 Å². The molecule has 27 heavy (non-hydrogen) atoms. The lowest BCUT2D eigenvalue weighted by Crippen LogP contribution is -2.44. The second kappa shape index (κ2) is 8.50. The Balaban J connectivity index is 1.88. The van der Waals surface area contributed by atoms with Crippen molar-refractivity contribution < 1.29 is 19.4 Å². The standard InChI is InChI=1S/C19H19NO4S3/c1-11-13(9-12-5-3-4-6-15(12)24-11)10-16-17(21)20(19(25)27-16)14(18(22)23)7-8-26-2/h3-6,9-11,14H,7-8H2,1-2H3,(H,22,23)/b16-10+/t11-,14-/m1/s1. The summed E-state index contributed by atoms with van der Waals surface area (Å²) in [7, 11) is 0. The van der Waals surface area contributed by atoms with Gasteiger partial charge in [0.25, 0.3) is 5.91 Å². The summed E-state index contributed by atoms with van der Waals surface area (Å²) < 4.78 is 6.19. The van der Waals surface area contributed by atoms with E-state index in [0.29, 0.717) is 17.1 Å². The summed E-state index contributed by atoms with van der Waals surface area (Å²) >= 11 is 7.99. The number of ether oxygens (including phenoxy) is 1. The predicted octanol–water partition coefficient (Wildman–Crippen LogP) is 3.80. The van der Waals surface area contributed by atoms with Crippen LogP contribution in [-0.4, -0.2) is 50.4 Å². The van der Waals surface area contributed by atoms with Gasteiger partial charge in [-0.3, -0.25) is 9.69 Å². The molecule has 142 valence electrons. The molecule has 1 aromatic carbocycles. The highest BCUT2D eigenvalue weighted by atomic mass is 32.2. The maximum Gasteiger partial charge on any atom is 0.326 e. The zero-order chi connectivity index (χ0) is 19.6. The monoisotopic (exact) mass is 421 g/mol. The third kappa shape index (κ3) is 4.23. The Kier molecular flexibility index (Phi) is 6.29. The van der Waals surface area contributed by atoms with Crippen molar-refractivity contribution >= 4 is 58.0 Å². The number of fused-ring (bicyclic) bond motifs is 1. The molecular formula is C19H19NO4S3. The molecule has 0 bridgehead atoms. The zero-order valence-corrected chi connectivity index (χ0v) is 17.3. The van der Waals surface area contributed by atoms with Gasteiger partial charge in [-0.15, -0.1) is 0 Å². The molecule has 0 saturated carbocycles. The van der Waals surface area contributed by atoms with Gasteiger partial charge < -0.3 is 9.84 Å². The van der Waals surface area contributed by atoms with E-state index in [4.69, 9.17) is 17.0 Å². The first-order valence-corrected chi connectivity index (χ1v) is 11.0. The first-order valence-electron chi connectivity index (χ1n) is 8.38. The number of benzene rings is 1. The number of nitrogens with zero attached hydrogens (tertiary/aromatic N) is 1. The summed E-state index contributed by atoms with van der Waals surface area (Å²) in [6, 6.07) is 6.75. The Hall–Kier alpha value is -1.77. The maximum absolute atomic E-state index is 12.9. The van der Waals surface area contributed by atoms with Gasteiger partial charge in [-0.05, 0) is 49.1 Å². The first kappa shape index (κ1) is 20.0. The van der Waals surface area contributed by atoms with E-state index in [1.807, 2.05) is 43.5 Å². The number of carboxylic acid groups (broad SMARTS) is 1. The Morgan fingerprint density at radius 3 is 2.93 bits per heavy atom. The molecule has 0 spiro atoms. The number of rotatable bonds is 6.